The SMILES string of the molecule is C=C(C)C(=O)OCC(CC)CCCC.C=CCl. The van der Waals surface area contributed by atoms with Crippen LogP contribution >= 0.6 is 11.6 Å². The van der Waals surface area contributed by atoms with E-state index in [2.05, 4.69) is 27.0 Å². The fraction of sp³-hybridized carbons (Fsp3) is 0.643. The Kier molecular flexibility index (Phi) is 14.6. The summed E-state index contributed by atoms with van der Waals surface area (Å²) < 4.78 is 5.12. The maximum absolute atomic E-state index is 11.1. The molecule has 0 amide bonds. The molecule has 0 heterocycles. The molecule has 0 N–H and O–H groups in total. The van der Waals surface area contributed by atoms with Gasteiger partial charge >= 0.3 is 5.97 Å². The van der Waals surface area contributed by atoms with Gasteiger partial charge in [-0.05, 0) is 24.8 Å². The molecule has 0 bridgehead atoms. The van der Waals surface area contributed by atoms with Gasteiger partial charge in [0, 0.05) is 5.57 Å². The van der Waals surface area contributed by atoms with Gasteiger partial charge in [-0.1, -0.05) is 57.9 Å². The van der Waals surface area contributed by atoms with E-state index >= 15 is 0 Å². The van der Waals surface area contributed by atoms with E-state index in [0.29, 0.717) is 18.1 Å². The molecule has 0 rings (SSSR count). The van der Waals surface area contributed by atoms with Crippen molar-refractivity contribution in [3.05, 3.63) is 24.3 Å². The van der Waals surface area contributed by atoms with Crippen molar-refractivity contribution in [3.8, 4) is 0 Å². The van der Waals surface area contributed by atoms with Crippen LogP contribution in [-0.2, 0) is 9.53 Å². The minimum atomic E-state index is -0.264. The van der Waals surface area contributed by atoms with E-state index in [-0.39, 0.29) is 5.97 Å². The summed E-state index contributed by atoms with van der Waals surface area (Å²) in [7, 11) is 0. The lowest BCUT2D eigenvalue weighted by Crippen LogP contribution is -2.14. The van der Waals surface area contributed by atoms with Crippen LogP contribution in [0.3, 0.4) is 0 Å². The lowest BCUT2D eigenvalue weighted by atomic mass is 10.0. The van der Waals surface area contributed by atoms with Crippen LogP contribution in [0.2, 0.25) is 0 Å². The molecule has 1 unspecified atom stereocenters. The summed E-state index contributed by atoms with van der Waals surface area (Å²) in [5.74, 6) is 0.248. The number of ether oxygens (including phenoxy) is 1. The molecular formula is C14H25ClO2. The van der Waals surface area contributed by atoms with Crippen molar-refractivity contribution >= 4 is 17.6 Å². The van der Waals surface area contributed by atoms with Gasteiger partial charge in [0.05, 0.1) is 6.61 Å². The number of halogens is 1. The highest BCUT2D eigenvalue weighted by Crippen LogP contribution is 2.13. The maximum Gasteiger partial charge on any atom is 0.333 e. The molecule has 1 atom stereocenters. The van der Waals surface area contributed by atoms with Gasteiger partial charge < -0.3 is 4.74 Å². The monoisotopic (exact) mass is 260 g/mol. The van der Waals surface area contributed by atoms with Crippen LogP contribution < -0.4 is 0 Å². The largest absolute Gasteiger partial charge is 0.462 e. The molecule has 0 fully saturated rings. The first-order valence-corrected chi connectivity index (χ1v) is 6.50. The molecule has 2 nitrogen and oxygen atoms in total. The summed E-state index contributed by atoms with van der Waals surface area (Å²) in [4.78, 5) is 11.1. The summed E-state index contributed by atoms with van der Waals surface area (Å²) in [5.41, 5.74) is 1.70. The quantitative estimate of drug-likeness (QED) is 0.490. The van der Waals surface area contributed by atoms with E-state index in [0.717, 1.165) is 12.8 Å². The summed E-state index contributed by atoms with van der Waals surface area (Å²) in [6.45, 7) is 13.2. The molecular weight excluding hydrogens is 236 g/mol. The Labute approximate surface area is 111 Å². The number of unbranched alkanes of at least 4 members (excludes halogenated alkanes) is 1. The zero-order chi connectivity index (χ0) is 13.7. The van der Waals surface area contributed by atoms with Crippen molar-refractivity contribution in [1.82, 2.24) is 0 Å². The summed E-state index contributed by atoms with van der Waals surface area (Å²) in [6, 6.07) is 0. The van der Waals surface area contributed by atoms with Gasteiger partial charge in [0.25, 0.3) is 0 Å². The molecule has 0 radical (unpaired) electrons. The average molecular weight is 261 g/mol. The highest BCUT2D eigenvalue weighted by molar-refractivity contribution is 6.25. The molecule has 3 heteroatoms. The number of carbonyl (C=O) groups is 1. The molecule has 0 aliphatic heterocycles. The van der Waals surface area contributed by atoms with Crippen LogP contribution in [0.15, 0.2) is 24.3 Å². The summed E-state index contributed by atoms with van der Waals surface area (Å²) >= 11 is 4.76. The number of esters is 1. The predicted octanol–water partition coefficient (Wildman–Crippen LogP) is 4.69. The second kappa shape index (κ2) is 13.3. The van der Waals surface area contributed by atoms with Crippen molar-refractivity contribution in [2.75, 3.05) is 6.61 Å². The predicted molar refractivity (Wildman–Crippen MR) is 75.1 cm³/mol. The molecule has 100 valence electrons. The first-order chi connectivity index (χ1) is 8.03. The van der Waals surface area contributed by atoms with Gasteiger partial charge in [0.1, 0.15) is 0 Å². The van der Waals surface area contributed by atoms with E-state index in [1.807, 2.05) is 0 Å². The fourth-order valence-electron chi connectivity index (χ4n) is 1.21. The van der Waals surface area contributed by atoms with Crippen molar-refractivity contribution in [1.29, 1.82) is 0 Å². The van der Waals surface area contributed by atoms with Crippen LogP contribution in [0.5, 0.6) is 0 Å². The maximum atomic E-state index is 11.1. The molecule has 0 aliphatic carbocycles. The zero-order valence-corrected chi connectivity index (χ0v) is 12.1. The normalized spacial score (nSPS) is 10.8. The van der Waals surface area contributed by atoms with Crippen LogP contribution in [-0.4, -0.2) is 12.6 Å². The molecule has 0 saturated carbocycles. The third kappa shape index (κ3) is 13.2. The number of rotatable bonds is 7. The van der Waals surface area contributed by atoms with Crippen LogP contribution in [0, 0.1) is 5.92 Å². The molecule has 0 saturated heterocycles. The second-order valence-electron chi connectivity index (χ2n) is 3.95. The Morgan fingerprint density at radius 1 is 1.47 bits per heavy atom. The molecule has 0 aromatic heterocycles. The second-order valence-corrected chi connectivity index (χ2v) is 4.26. The van der Waals surface area contributed by atoms with Gasteiger partial charge in [0.15, 0.2) is 0 Å². The highest BCUT2D eigenvalue weighted by atomic mass is 35.5. The average Bonchev–Trinajstić information content (AvgIpc) is 2.30. The molecule has 0 aromatic rings. The summed E-state index contributed by atoms with van der Waals surface area (Å²) in [6.07, 6.45) is 4.63. The Hall–Kier alpha value is -0.760. The third-order valence-corrected chi connectivity index (χ3v) is 2.34. The summed E-state index contributed by atoms with van der Waals surface area (Å²) in [5, 5.41) is 0. The smallest absolute Gasteiger partial charge is 0.333 e. The van der Waals surface area contributed by atoms with Gasteiger partial charge in [-0.25, -0.2) is 4.79 Å². The first kappa shape index (κ1) is 18.6. The minimum absolute atomic E-state index is 0.264. The zero-order valence-electron chi connectivity index (χ0n) is 11.3. The van der Waals surface area contributed by atoms with Crippen molar-refractivity contribution in [3.63, 3.8) is 0 Å². The van der Waals surface area contributed by atoms with E-state index in [9.17, 15) is 4.79 Å². The van der Waals surface area contributed by atoms with E-state index in [4.69, 9.17) is 16.3 Å². The van der Waals surface area contributed by atoms with Gasteiger partial charge in [-0.15, -0.1) is 0 Å². The fourth-order valence-corrected chi connectivity index (χ4v) is 1.21. The standard InChI is InChI=1S/C12H22O2.C2H3Cl/c1-5-7-8-11(6-2)9-14-12(13)10(3)4;1-2-3/h11H,3,5-9H2,1-2,4H3;2H,1H2. The van der Waals surface area contributed by atoms with Gasteiger partial charge in [-0.2, -0.15) is 0 Å². The van der Waals surface area contributed by atoms with E-state index < -0.39 is 0 Å². The van der Waals surface area contributed by atoms with E-state index in [1.54, 1.807) is 6.92 Å². The topological polar surface area (TPSA) is 26.3 Å². The lowest BCUT2D eigenvalue weighted by Gasteiger charge is -2.14. The number of carbonyl (C=O) groups excluding carboxylic acids is 1. The van der Waals surface area contributed by atoms with Gasteiger partial charge in [-0.3, -0.25) is 0 Å². The van der Waals surface area contributed by atoms with Crippen molar-refractivity contribution in [2.45, 2.75) is 46.5 Å². The Balaban J connectivity index is 0. The Bertz CT molecular complexity index is 224. The highest BCUT2D eigenvalue weighted by Gasteiger charge is 2.09. The van der Waals surface area contributed by atoms with Crippen molar-refractivity contribution in [2.24, 2.45) is 5.92 Å². The molecule has 0 aliphatic rings. The molecule has 0 spiro atoms. The Morgan fingerprint density at radius 2 is 2.00 bits per heavy atom. The first-order valence-electron chi connectivity index (χ1n) is 6.07. The molecule has 0 aromatic carbocycles. The molecule has 17 heavy (non-hydrogen) atoms. The Morgan fingerprint density at radius 3 is 2.35 bits per heavy atom. The van der Waals surface area contributed by atoms with Crippen LogP contribution in [0.1, 0.15) is 46.5 Å². The number of hydrogen-bond acceptors (Lipinski definition) is 2. The minimum Gasteiger partial charge on any atom is -0.462 e. The lowest BCUT2D eigenvalue weighted by molar-refractivity contribution is -0.140. The third-order valence-electron chi connectivity index (χ3n) is 2.34. The van der Waals surface area contributed by atoms with Gasteiger partial charge in [0.2, 0.25) is 0 Å². The number of hydrogen-bond donors (Lipinski definition) is 0. The van der Waals surface area contributed by atoms with E-state index in [1.165, 1.54) is 18.4 Å². The van der Waals surface area contributed by atoms with Crippen LogP contribution in [0.4, 0.5) is 0 Å². The van der Waals surface area contributed by atoms with Crippen LogP contribution in [0.25, 0.3) is 0 Å². The van der Waals surface area contributed by atoms with Crippen molar-refractivity contribution < 1.29 is 9.53 Å².